The molecule has 2 aliphatic carbocycles. The van der Waals surface area contributed by atoms with Crippen molar-refractivity contribution in [3.63, 3.8) is 0 Å². The van der Waals surface area contributed by atoms with Gasteiger partial charge in [0, 0.05) is 15.5 Å². The molecule has 3 aliphatic rings. The van der Waals surface area contributed by atoms with Gasteiger partial charge in [0.25, 0.3) is 5.91 Å². The van der Waals surface area contributed by atoms with E-state index in [1.54, 1.807) is 0 Å². The predicted octanol–water partition coefficient (Wildman–Crippen LogP) is 4.27. The average molecular weight is 494 g/mol. The Hall–Kier alpha value is -1.44. The van der Waals surface area contributed by atoms with Crippen LogP contribution in [0, 0.1) is 9.49 Å². The molecule has 0 aromatic heterocycles. The molecule has 0 bridgehead atoms. The molecular formula is C22H27IN2O3. The summed E-state index contributed by atoms with van der Waals surface area (Å²) in [5.74, 6) is -0.301. The Morgan fingerprint density at radius 3 is 2.18 bits per heavy atom. The molecule has 5 nitrogen and oxygen atoms in total. The van der Waals surface area contributed by atoms with Gasteiger partial charge in [-0.05, 0) is 72.5 Å². The molecule has 3 amide bonds. The number of hydrogen-bond acceptors (Lipinski definition) is 3. The lowest BCUT2D eigenvalue weighted by atomic mass is 9.87. The Morgan fingerprint density at radius 1 is 0.929 bits per heavy atom. The topological polar surface area (TPSA) is 57.7 Å². The van der Waals surface area contributed by atoms with E-state index in [2.05, 4.69) is 22.6 Å². The van der Waals surface area contributed by atoms with E-state index in [1.165, 1.54) is 11.3 Å². The molecule has 1 unspecified atom stereocenters. The molecule has 0 N–H and O–H groups in total. The smallest absolute Gasteiger partial charge is 0.257 e. The normalized spacial score (nSPS) is 24.2. The first-order valence-corrected chi connectivity index (χ1v) is 11.6. The third-order valence-electron chi connectivity index (χ3n) is 6.47. The van der Waals surface area contributed by atoms with Crippen molar-refractivity contribution in [1.29, 1.82) is 0 Å². The number of carbonyl (C=O) groups is 3. The highest BCUT2D eigenvalue weighted by Crippen LogP contribution is 2.35. The van der Waals surface area contributed by atoms with Crippen LogP contribution >= 0.6 is 22.6 Å². The van der Waals surface area contributed by atoms with Gasteiger partial charge in [-0.15, -0.1) is 0 Å². The van der Waals surface area contributed by atoms with Crippen LogP contribution in [-0.4, -0.2) is 34.7 Å². The van der Waals surface area contributed by atoms with Crippen LogP contribution in [0.15, 0.2) is 24.3 Å². The van der Waals surface area contributed by atoms with E-state index in [4.69, 9.17) is 0 Å². The van der Waals surface area contributed by atoms with Gasteiger partial charge in [-0.1, -0.05) is 32.1 Å². The van der Waals surface area contributed by atoms with Gasteiger partial charge in [-0.25, -0.2) is 4.90 Å². The third kappa shape index (κ3) is 3.84. The highest BCUT2D eigenvalue weighted by molar-refractivity contribution is 14.1. The number of anilines is 1. The Labute approximate surface area is 180 Å². The fraction of sp³-hybridized carbons (Fsp3) is 0.591. The lowest BCUT2D eigenvalue weighted by Gasteiger charge is -2.36. The molecule has 0 spiro atoms. The number of nitrogens with zero attached hydrogens (tertiary/aromatic N) is 2. The van der Waals surface area contributed by atoms with Gasteiger partial charge in [0.1, 0.15) is 6.04 Å². The van der Waals surface area contributed by atoms with E-state index in [0.29, 0.717) is 5.69 Å². The van der Waals surface area contributed by atoms with Crippen LogP contribution < -0.4 is 4.90 Å². The first kappa shape index (κ1) is 19.9. The van der Waals surface area contributed by atoms with Crippen LogP contribution in [0.2, 0.25) is 0 Å². The fourth-order valence-corrected chi connectivity index (χ4v) is 5.39. The van der Waals surface area contributed by atoms with E-state index < -0.39 is 6.04 Å². The second-order valence-electron chi connectivity index (χ2n) is 8.28. The minimum atomic E-state index is -0.635. The zero-order valence-electron chi connectivity index (χ0n) is 16.1. The second kappa shape index (κ2) is 8.51. The molecule has 3 fully saturated rings. The molecule has 1 saturated heterocycles. The van der Waals surface area contributed by atoms with Crippen molar-refractivity contribution in [3.05, 3.63) is 27.8 Å². The molecule has 1 aromatic carbocycles. The molecule has 1 aliphatic heterocycles. The fourth-order valence-electron chi connectivity index (χ4n) is 5.03. The van der Waals surface area contributed by atoms with Crippen molar-refractivity contribution in [2.24, 2.45) is 5.92 Å². The van der Waals surface area contributed by atoms with Crippen molar-refractivity contribution < 1.29 is 14.4 Å². The molecule has 0 radical (unpaired) electrons. The summed E-state index contributed by atoms with van der Waals surface area (Å²) in [6, 6.07) is 6.88. The van der Waals surface area contributed by atoms with Gasteiger partial charge >= 0.3 is 0 Å². The predicted molar refractivity (Wildman–Crippen MR) is 116 cm³/mol. The first-order chi connectivity index (χ1) is 13.6. The van der Waals surface area contributed by atoms with E-state index >= 15 is 0 Å². The van der Waals surface area contributed by atoms with Crippen LogP contribution in [0.1, 0.15) is 64.2 Å². The van der Waals surface area contributed by atoms with E-state index in [9.17, 15) is 14.4 Å². The van der Waals surface area contributed by atoms with Crippen LogP contribution in [0.4, 0.5) is 5.69 Å². The Kier molecular flexibility index (Phi) is 6.04. The maximum absolute atomic E-state index is 13.5. The van der Waals surface area contributed by atoms with Gasteiger partial charge in [0.2, 0.25) is 11.8 Å². The number of imide groups is 1. The van der Waals surface area contributed by atoms with Crippen LogP contribution in [0.25, 0.3) is 0 Å². The van der Waals surface area contributed by atoms with E-state index in [0.717, 1.165) is 54.9 Å². The quantitative estimate of drug-likeness (QED) is 0.464. The van der Waals surface area contributed by atoms with Crippen molar-refractivity contribution >= 4 is 46.0 Å². The van der Waals surface area contributed by atoms with Gasteiger partial charge in [0.15, 0.2) is 0 Å². The summed E-state index contributed by atoms with van der Waals surface area (Å²) in [6.45, 7) is 0. The third-order valence-corrected chi connectivity index (χ3v) is 7.19. The number of amides is 3. The molecule has 4 rings (SSSR count). The van der Waals surface area contributed by atoms with Gasteiger partial charge < -0.3 is 4.90 Å². The molecule has 1 heterocycles. The zero-order valence-corrected chi connectivity index (χ0v) is 18.3. The SMILES string of the molecule is O=C1CC(N(C(=O)C2CCCCC2)C2CCCC2)C(=O)N1c1ccc(I)cc1. The Balaban J connectivity index is 1.60. The monoisotopic (exact) mass is 494 g/mol. The minimum absolute atomic E-state index is 0.0182. The summed E-state index contributed by atoms with van der Waals surface area (Å²) in [7, 11) is 0. The van der Waals surface area contributed by atoms with Crippen LogP contribution in [0.3, 0.4) is 0 Å². The van der Waals surface area contributed by atoms with Gasteiger partial charge in [-0.3, -0.25) is 14.4 Å². The minimum Gasteiger partial charge on any atom is -0.327 e. The summed E-state index contributed by atoms with van der Waals surface area (Å²) in [6.07, 6.45) is 9.37. The molecule has 150 valence electrons. The van der Waals surface area contributed by atoms with Crippen molar-refractivity contribution in [2.75, 3.05) is 4.90 Å². The summed E-state index contributed by atoms with van der Waals surface area (Å²) < 4.78 is 1.05. The number of carbonyl (C=O) groups excluding carboxylic acids is 3. The Bertz CT molecular complexity index is 752. The van der Waals surface area contributed by atoms with Gasteiger partial charge in [0.05, 0.1) is 12.1 Å². The number of rotatable bonds is 4. The summed E-state index contributed by atoms with van der Waals surface area (Å²) in [4.78, 5) is 42.6. The molecule has 28 heavy (non-hydrogen) atoms. The largest absolute Gasteiger partial charge is 0.327 e. The molecular weight excluding hydrogens is 467 g/mol. The molecule has 2 saturated carbocycles. The highest BCUT2D eigenvalue weighted by atomic mass is 127. The van der Waals surface area contributed by atoms with E-state index in [1.807, 2.05) is 29.2 Å². The van der Waals surface area contributed by atoms with Crippen molar-refractivity contribution in [3.8, 4) is 0 Å². The van der Waals surface area contributed by atoms with Crippen molar-refractivity contribution in [1.82, 2.24) is 4.90 Å². The number of halogens is 1. The molecule has 6 heteroatoms. The molecule has 1 aromatic rings. The summed E-state index contributed by atoms with van der Waals surface area (Å²) in [5.41, 5.74) is 0.606. The maximum atomic E-state index is 13.5. The first-order valence-electron chi connectivity index (χ1n) is 10.5. The zero-order chi connectivity index (χ0) is 19.7. The number of benzene rings is 1. The van der Waals surface area contributed by atoms with Crippen LogP contribution in [0.5, 0.6) is 0 Å². The summed E-state index contributed by atoms with van der Waals surface area (Å²) in [5, 5.41) is 0. The highest BCUT2D eigenvalue weighted by Gasteiger charge is 2.47. The average Bonchev–Trinajstić information content (AvgIpc) is 3.33. The maximum Gasteiger partial charge on any atom is 0.257 e. The van der Waals surface area contributed by atoms with Crippen molar-refractivity contribution in [2.45, 2.75) is 76.3 Å². The van der Waals surface area contributed by atoms with Crippen LogP contribution in [-0.2, 0) is 14.4 Å². The Morgan fingerprint density at radius 2 is 1.54 bits per heavy atom. The van der Waals surface area contributed by atoms with Gasteiger partial charge in [-0.2, -0.15) is 0 Å². The van der Waals surface area contributed by atoms with E-state index in [-0.39, 0.29) is 36.1 Å². The second-order valence-corrected chi connectivity index (χ2v) is 9.53. The number of hydrogen-bond donors (Lipinski definition) is 0. The lowest BCUT2D eigenvalue weighted by Crippen LogP contribution is -2.52. The lowest BCUT2D eigenvalue weighted by molar-refractivity contribution is -0.145. The molecule has 1 atom stereocenters. The standard InChI is InChI=1S/C22H27IN2O3/c23-16-10-12-18(13-11-16)25-20(26)14-19(22(25)28)24(17-8-4-5-9-17)21(27)15-6-2-1-3-7-15/h10-13,15,17,19H,1-9,14H2. The summed E-state index contributed by atoms with van der Waals surface area (Å²) >= 11 is 2.20.